The number of benzene rings is 5. The number of amides is 2. The highest BCUT2D eigenvalue weighted by Gasteiger charge is 2.37. The molecule has 2 amide bonds. The summed E-state index contributed by atoms with van der Waals surface area (Å²) in [6.07, 6.45) is 0.740. The van der Waals surface area contributed by atoms with Crippen LogP contribution in [0.1, 0.15) is 59.4 Å². The van der Waals surface area contributed by atoms with Crippen molar-refractivity contribution in [2.75, 3.05) is 26.8 Å². The van der Waals surface area contributed by atoms with Gasteiger partial charge in [0.25, 0.3) is 0 Å². The molecule has 6 rings (SSSR count). The van der Waals surface area contributed by atoms with Crippen molar-refractivity contribution in [3.8, 4) is 11.1 Å². The molecule has 0 saturated carbocycles. The van der Waals surface area contributed by atoms with Crippen molar-refractivity contribution in [3.63, 3.8) is 0 Å². The SMILES string of the molecule is CN(C(=O)OCC1c2ccccc2-c2ccccc21)[C@@H](CCCCNC(=O)CCOC(c1ccccc1)(c1ccccc1)c1ccccc1)C(=O)O. The Bertz CT molecular complexity index is 1810. The molecule has 0 unspecified atom stereocenters. The zero-order valence-corrected chi connectivity index (χ0v) is 29.3. The van der Waals surface area contributed by atoms with Crippen molar-refractivity contribution in [1.29, 1.82) is 0 Å². The molecule has 5 aromatic rings. The summed E-state index contributed by atoms with van der Waals surface area (Å²) >= 11 is 0. The monoisotopic (exact) mass is 696 g/mol. The summed E-state index contributed by atoms with van der Waals surface area (Å²) in [5.41, 5.74) is 6.40. The first-order chi connectivity index (χ1) is 25.4. The Morgan fingerprint density at radius 2 is 1.19 bits per heavy atom. The molecule has 5 aromatic carbocycles. The first-order valence-corrected chi connectivity index (χ1v) is 17.8. The van der Waals surface area contributed by atoms with E-state index in [4.69, 9.17) is 9.47 Å². The van der Waals surface area contributed by atoms with Gasteiger partial charge in [0, 0.05) is 19.5 Å². The minimum Gasteiger partial charge on any atom is -0.480 e. The fraction of sp³-hybridized carbons (Fsp3) is 0.250. The van der Waals surface area contributed by atoms with Crippen molar-refractivity contribution in [2.24, 2.45) is 0 Å². The Hall–Kier alpha value is -5.73. The molecule has 0 aromatic heterocycles. The molecule has 52 heavy (non-hydrogen) atoms. The van der Waals surface area contributed by atoms with Gasteiger partial charge >= 0.3 is 12.1 Å². The quantitative estimate of drug-likeness (QED) is 0.0801. The summed E-state index contributed by atoms with van der Waals surface area (Å²) < 4.78 is 12.4. The van der Waals surface area contributed by atoms with Crippen molar-refractivity contribution in [1.82, 2.24) is 10.2 Å². The number of likely N-dealkylation sites (N-methyl/N-ethyl adjacent to an activating group) is 1. The zero-order valence-electron chi connectivity index (χ0n) is 29.3. The third-order valence-corrected chi connectivity index (χ3v) is 9.79. The number of rotatable bonds is 16. The maximum atomic E-state index is 13.1. The van der Waals surface area contributed by atoms with Crippen LogP contribution >= 0.6 is 0 Å². The Balaban J connectivity index is 0.984. The number of nitrogens with zero attached hydrogens (tertiary/aromatic N) is 1. The van der Waals surface area contributed by atoms with E-state index >= 15 is 0 Å². The van der Waals surface area contributed by atoms with Crippen molar-refractivity contribution in [3.05, 3.63) is 167 Å². The molecular formula is C44H44N2O6. The van der Waals surface area contributed by atoms with E-state index in [1.54, 1.807) is 0 Å². The molecule has 0 aliphatic heterocycles. The molecule has 0 radical (unpaired) electrons. The molecule has 0 fully saturated rings. The predicted octanol–water partition coefficient (Wildman–Crippen LogP) is 8.01. The average Bonchev–Trinajstić information content (AvgIpc) is 3.51. The van der Waals surface area contributed by atoms with Gasteiger partial charge in [0.15, 0.2) is 0 Å². The molecule has 0 spiro atoms. The van der Waals surface area contributed by atoms with Crippen LogP contribution in [0.5, 0.6) is 0 Å². The lowest BCUT2D eigenvalue weighted by atomic mass is 9.80. The molecule has 8 heteroatoms. The van der Waals surface area contributed by atoms with Crippen LogP contribution in [0.4, 0.5) is 4.79 Å². The molecule has 0 saturated heterocycles. The topological polar surface area (TPSA) is 105 Å². The molecule has 0 bridgehead atoms. The highest BCUT2D eigenvalue weighted by Crippen LogP contribution is 2.44. The first kappa shape index (κ1) is 36.1. The van der Waals surface area contributed by atoms with Gasteiger partial charge in [0.1, 0.15) is 18.2 Å². The third kappa shape index (κ3) is 7.92. The van der Waals surface area contributed by atoms with Crippen molar-refractivity contribution >= 4 is 18.0 Å². The third-order valence-electron chi connectivity index (χ3n) is 9.79. The number of aliphatic carboxylic acids is 1. The van der Waals surface area contributed by atoms with Crippen LogP contribution in [-0.2, 0) is 24.7 Å². The number of fused-ring (bicyclic) bond motifs is 3. The second-order valence-electron chi connectivity index (χ2n) is 13.0. The molecule has 0 heterocycles. The summed E-state index contributed by atoms with van der Waals surface area (Å²) in [5, 5.41) is 12.9. The van der Waals surface area contributed by atoms with Gasteiger partial charge in [-0.15, -0.1) is 0 Å². The van der Waals surface area contributed by atoms with Gasteiger partial charge in [0.2, 0.25) is 5.91 Å². The van der Waals surface area contributed by atoms with E-state index in [1.165, 1.54) is 7.05 Å². The Kier molecular flexibility index (Phi) is 11.8. The van der Waals surface area contributed by atoms with Crippen LogP contribution in [0.3, 0.4) is 0 Å². The fourth-order valence-electron chi connectivity index (χ4n) is 7.15. The average molecular weight is 697 g/mol. The summed E-state index contributed by atoms with van der Waals surface area (Å²) in [6.45, 7) is 0.667. The predicted molar refractivity (Wildman–Crippen MR) is 201 cm³/mol. The maximum absolute atomic E-state index is 13.1. The highest BCUT2D eigenvalue weighted by molar-refractivity contribution is 5.81. The maximum Gasteiger partial charge on any atom is 0.410 e. The standard InChI is InChI=1S/C44H44N2O6/c1-46(43(50)51-31-39-37-25-13-11-23-35(37)36-24-12-14-26-38(36)39)40(42(48)49)27-15-16-29-45-41(47)28-30-52-44(32-17-5-2-6-18-32,33-19-7-3-8-20-33)34-21-9-4-10-22-34/h2-14,17-26,39-40H,15-16,27-31H2,1H3,(H,45,47)(H,48,49)/t40-/m0/s1. The molecule has 1 atom stereocenters. The van der Waals surface area contributed by atoms with E-state index in [2.05, 4.69) is 17.4 Å². The molecular weight excluding hydrogens is 652 g/mol. The van der Waals surface area contributed by atoms with E-state index in [-0.39, 0.29) is 37.9 Å². The van der Waals surface area contributed by atoms with Crippen LogP contribution in [0.25, 0.3) is 11.1 Å². The number of carbonyl (C=O) groups excluding carboxylic acids is 2. The van der Waals surface area contributed by atoms with Crippen molar-refractivity contribution < 1.29 is 29.0 Å². The second kappa shape index (κ2) is 17.0. The molecule has 8 nitrogen and oxygen atoms in total. The fourth-order valence-corrected chi connectivity index (χ4v) is 7.15. The number of carboxylic acid groups (broad SMARTS) is 1. The number of unbranched alkanes of at least 4 members (excludes halogenated alkanes) is 1. The summed E-state index contributed by atoms with van der Waals surface area (Å²) in [4.78, 5) is 39.3. The van der Waals surface area contributed by atoms with Gasteiger partial charge in [-0.1, -0.05) is 140 Å². The smallest absolute Gasteiger partial charge is 0.410 e. The molecule has 266 valence electrons. The number of hydrogen-bond donors (Lipinski definition) is 2. The van der Waals surface area contributed by atoms with Crippen LogP contribution in [0.2, 0.25) is 0 Å². The van der Waals surface area contributed by atoms with E-state index in [0.717, 1.165) is 43.8 Å². The highest BCUT2D eigenvalue weighted by atomic mass is 16.6. The largest absolute Gasteiger partial charge is 0.480 e. The number of ether oxygens (including phenoxy) is 2. The lowest BCUT2D eigenvalue weighted by molar-refractivity contribution is -0.142. The van der Waals surface area contributed by atoms with Gasteiger partial charge in [-0.25, -0.2) is 9.59 Å². The lowest BCUT2D eigenvalue weighted by Gasteiger charge is -2.36. The summed E-state index contributed by atoms with van der Waals surface area (Å²) in [7, 11) is 1.46. The van der Waals surface area contributed by atoms with Crippen molar-refractivity contribution in [2.45, 2.75) is 43.2 Å². The zero-order chi connectivity index (χ0) is 36.3. The molecule has 1 aliphatic rings. The second-order valence-corrected chi connectivity index (χ2v) is 13.0. The number of carboxylic acids is 1. The minimum absolute atomic E-state index is 0.114. The van der Waals surface area contributed by atoms with E-state index < -0.39 is 23.7 Å². The van der Waals surface area contributed by atoms with Gasteiger partial charge in [-0.2, -0.15) is 0 Å². The van der Waals surface area contributed by atoms with Gasteiger partial charge in [-0.3, -0.25) is 9.69 Å². The lowest BCUT2D eigenvalue weighted by Crippen LogP contribution is -2.43. The van der Waals surface area contributed by atoms with E-state index in [1.807, 2.05) is 127 Å². The van der Waals surface area contributed by atoms with Crippen LogP contribution in [-0.4, -0.2) is 60.8 Å². The Labute approximate surface area is 305 Å². The molecule has 2 N–H and O–H groups in total. The minimum atomic E-state index is -1.10. The van der Waals surface area contributed by atoms with Gasteiger partial charge in [-0.05, 0) is 58.2 Å². The van der Waals surface area contributed by atoms with Gasteiger partial charge in [0.05, 0.1) is 13.0 Å². The number of hydrogen-bond acceptors (Lipinski definition) is 5. The molecule has 1 aliphatic carbocycles. The van der Waals surface area contributed by atoms with E-state index in [0.29, 0.717) is 19.4 Å². The number of nitrogens with one attached hydrogen (secondary N) is 1. The first-order valence-electron chi connectivity index (χ1n) is 17.8. The normalized spacial score (nSPS) is 12.7. The van der Waals surface area contributed by atoms with Crippen LogP contribution in [0.15, 0.2) is 140 Å². The van der Waals surface area contributed by atoms with Crippen LogP contribution in [0, 0.1) is 0 Å². The van der Waals surface area contributed by atoms with E-state index in [9.17, 15) is 19.5 Å². The van der Waals surface area contributed by atoms with Crippen LogP contribution < -0.4 is 5.32 Å². The Morgan fingerprint density at radius 1 is 0.712 bits per heavy atom. The number of carbonyl (C=O) groups is 3. The summed E-state index contributed by atoms with van der Waals surface area (Å²) in [5.74, 6) is -1.38. The van der Waals surface area contributed by atoms with Gasteiger partial charge < -0.3 is 19.9 Å². The summed E-state index contributed by atoms with van der Waals surface area (Å²) in [6, 6.07) is 45.1. The Morgan fingerprint density at radius 3 is 1.69 bits per heavy atom.